The minimum absolute atomic E-state index is 0.278. The van der Waals surface area contributed by atoms with Crippen molar-refractivity contribution in [3.8, 4) is 0 Å². The molecule has 0 aliphatic rings. The molecule has 0 saturated carbocycles. The van der Waals surface area contributed by atoms with Crippen LogP contribution >= 0.6 is 0 Å². The van der Waals surface area contributed by atoms with Gasteiger partial charge in [0, 0.05) is 22.4 Å². The molecule has 1 N–H and O–H groups in total. The number of fused-ring (bicyclic) bond motifs is 6. The zero-order chi connectivity index (χ0) is 17.0. The van der Waals surface area contributed by atoms with Gasteiger partial charge in [0.25, 0.3) is 0 Å². The van der Waals surface area contributed by atoms with Gasteiger partial charge < -0.3 is 5.11 Å². The van der Waals surface area contributed by atoms with Gasteiger partial charge in [0.1, 0.15) is 0 Å². The van der Waals surface area contributed by atoms with Crippen molar-refractivity contribution in [2.45, 2.75) is 0 Å². The highest BCUT2D eigenvalue weighted by atomic mass is 16.4. The molecule has 0 bridgehead atoms. The number of hydrogen-bond acceptors (Lipinski definition) is 2. The Bertz CT molecular complexity index is 1320. The largest absolute Gasteiger partial charge is 0.478 e. The third kappa shape index (κ3) is 2.06. The van der Waals surface area contributed by atoms with Crippen LogP contribution in [0.4, 0.5) is 0 Å². The van der Waals surface area contributed by atoms with E-state index in [1.807, 2.05) is 18.2 Å². The van der Waals surface area contributed by atoms with Gasteiger partial charge in [0.2, 0.25) is 0 Å². The maximum Gasteiger partial charge on any atom is 0.335 e. The molecule has 1 aromatic heterocycles. The summed E-state index contributed by atoms with van der Waals surface area (Å²) in [6, 6.07) is 22.0. The summed E-state index contributed by atoms with van der Waals surface area (Å²) in [5.74, 6) is -0.924. The number of pyridine rings is 1. The summed E-state index contributed by atoms with van der Waals surface area (Å²) >= 11 is 0. The fourth-order valence-corrected chi connectivity index (χ4v) is 3.54. The second kappa shape index (κ2) is 5.02. The molecule has 1 heterocycles. The lowest BCUT2D eigenvalue weighted by Gasteiger charge is -2.09. The molecular formula is C22H13NO2. The second-order valence-corrected chi connectivity index (χ2v) is 6.25. The Labute approximate surface area is 143 Å². The lowest BCUT2D eigenvalue weighted by Crippen LogP contribution is -1.95. The van der Waals surface area contributed by atoms with Crippen LogP contribution in [-0.4, -0.2) is 16.1 Å². The fourth-order valence-electron chi connectivity index (χ4n) is 3.54. The molecule has 0 aliphatic heterocycles. The van der Waals surface area contributed by atoms with Crippen LogP contribution in [0, 0.1) is 0 Å². The van der Waals surface area contributed by atoms with Gasteiger partial charge in [0.15, 0.2) is 0 Å². The Morgan fingerprint density at radius 1 is 0.720 bits per heavy atom. The van der Waals surface area contributed by atoms with Gasteiger partial charge >= 0.3 is 5.97 Å². The summed E-state index contributed by atoms with van der Waals surface area (Å²) in [5, 5.41) is 16.7. The van der Waals surface area contributed by atoms with Crippen molar-refractivity contribution in [1.82, 2.24) is 4.98 Å². The Hall–Kier alpha value is -3.46. The Morgan fingerprint density at radius 3 is 2.28 bits per heavy atom. The number of aromatic nitrogens is 1. The first-order valence-corrected chi connectivity index (χ1v) is 8.08. The van der Waals surface area contributed by atoms with Crippen LogP contribution in [0.15, 0.2) is 72.9 Å². The number of hydrogen-bond donors (Lipinski definition) is 1. The number of carbonyl (C=O) groups is 1. The molecule has 4 aromatic carbocycles. The van der Waals surface area contributed by atoms with Crippen LogP contribution in [0.3, 0.4) is 0 Å². The van der Waals surface area contributed by atoms with Gasteiger partial charge in [-0.1, -0.05) is 42.5 Å². The number of benzene rings is 4. The van der Waals surface area contributed by atoms with E-state index in [-0.39, 0.29) is 5.56 Å². The van der Waals surface area contributed by atoms with Crippen molar-refractivity contribution >= 4 is 49.2 Å². The lowest BCUT2D eigenvalue weighted by atomic mass is 9.98. The van der Waals surface area contributed by atoms with Crippen molar-refractivity contribution in [3.63, 3.8) is 0 Å². The fraction of sp³-hybridized carbons (Fsp3) is 0. The quantitative estimate of drug-likeness (QED) is 0.332. The van der Waals surface area contributed by atoms with Crippen molar-refractivity contribution in [1.29, 1.82) is 0 Å². The second-order valence-electron chi connectivity index (χ2n) is 6.25. The molecule has 0 spiro atoms. The van der Waals surface area contributed by atoms with Gasteiger partial charge in [-0.2, -0.15) is 0 Å². The Kier molecular flexibility index (Phi) is 2.80. The number of aromatic carboxylic acids is 1. The van der Waals surface area contributed by atoms with E-state index in [0.717, 1.165) is 32.4 Å². The normalized spacial score (nSPS) is 11.5. The van der Waals surface area contributed by atoms with E-state index in [9.17, 15) is 9.90 Å². The molecule has 0 radical (unpaired) electrons. The minimum Gasteiger partial charge on any atom is -0.478 e. The highest BCUT2D eigenvalue weighted by Gasteiger charge is 2.09. The standard InChI is InChI=1S/C22H13NO2/c24-22(25)16-6-7-18-17(10-16)12-23-21-19(18)8-5-15-9-13-3-1-2-4-14(13)11-20(15)21/h1-12H,(H,24,25). The van der Waals surface area contributed by atoms with E-state index in [4.69, 9.17) is 0 Å². The number of carboxylic acid groups (broad SMARTS) is 1. The maximum atomic E-state index is 11.2. The van der Waals surface area contributed by atoms with Gasteiger partial charge in [0.05, 0.1) is 11.1 Å². The average Bonchev–Trinajstić information content (AvgIpc) is 2.65. The SMILES string of the molecule is O=C(O)c1ccc2c(cnc3c4cc5ccccc5cc4ccc23)c1. The van der Waals surface area contributed by atoms with Crippen LogP contribution in [0.25, 0.3) is 43.2 Å². The van der Waals surface area contributed by atoms with E-state index in [0.29, 0.717) is 0 Å². The zero-order valence-corrected chi connectivity index (χ0v) is 13.2. The summed E-state index contributed by atoms with van der Waals surface area (Å²) in [6.45, 7) is 0. The molecule has 0 unspecified atom stereocenters. The first kappa shape index (κ1) is 13.9. The molecule has 0 fully saturated rings. The van der Waals surface area contributed by atoms with E-state index < -0.39 is 5.97 Å². The highest BCUT2D eigenvalue weighted by Crippen LogP contribution is 2.32. The molecule has 118 valence electrons. The summed E-state index contributed by atoms with van der Waals surface area (Å²) < 4.78 is 0. The van der Waals surface area contributed by atoms with Crippen LogP contribution in [0.5, 0.6) is 0 Å². The minimum atomic E-state index is -0.924. The van der Waals surface area contributed by atoms with Crippen LogP contribution < -0.4 is 0 Å². The molecule has 0 saturated heterocycles. The van der Waals surface area contributed by atoms with Crippen molar-refractivity contribution in [3.05, 3.63) is 78.5 Å². The van der Waals surface area contributed by atoms with Gasteiger partial charge in [-0.25, -0.2) is 4.79 Å². The first-order valence-electron chi connectivity index (χ1n) is 8.08. The number of nitrogens with zero attached hydrogens (tertiary/aromatic N) is 1. The molecule has 0 aliphatic carbocycles. The molecule has 3 heteroatoms. The van der Waals surface area contributed by atoms with Crippen molar-refractivity contribution in [2.75, 3.05) is 0 Å². The summed E-state index contributed by atoms with van der Waals surface area (Å²) in [7, 11) is 0. The number of rotatable bonds is 1. The van der Waals surface area contributed by atoms with Crippen molar-refractivity contribution in [2.24, 2.45) is 0 Å². The Balaban J connectivity index is 1.90. The molecular weight excluding hydrogens is 310 g/mol. The highest BCUT2D eigenvalue weighted by molar-refractivity contribution is 6.17. The molecule has 0 amide bonds. The third-order valence-corrected chi connectivity index (χ3v) is 4.78. The monoisotopic (exact) mass is 323 g/mol. The van der Waals surface area contributed by atoms with Crippen LogP contribution in [0.2, 0.25) is 0 Å². The van der Waals surface area contributed by atoms with Crippen LogP contribution in [0.1, 0.15) is 10.4 Å². The predicted octanol–water partition coefficient (Wildman–Crippen LogP) is 5.39. The van der Waals surface area contributed by atoms with E-state index in [2.05, 4.69) is 41.4 Å². The van der Waals surface area contributed by atoms with E-state index >= 15 is 0 Å². The Morgan fingerprint density at radius 2 is 1.48 bits per heavy atom. The first-order chi connectivity index (χ1) is 12.2. The number of carboxylic acids is 1. The maximum absolute atomic E-state index is 11.2. The smallest absolute Gasteiger partial charge is 0.335 e. The summed E-state index contributed by atoms with van der Waals surface area (Å²) in [5.41, 5.74) is 1.22. The van der Waals surface area contributed by atoms with E-state index in [1.54, 1.807) is 18.3 Å². The average molecular weight is 323 g/mol. The summed E-state index contributed by atoms with van der Waals surface area (Å²) in [4.78, 5) is 15.8. The molecule has 0 atom stereocenters. The molecule has 5 aromatic rings. The summed E-state index contributed by atoms with van der Waals surface area (Å²) in [6.07, 6.45) is 1.76. The van der Waals surface area contributed by atoms with Gasteiger partial charge in [-0.05, 0) is 45.8 Å². The van der Waals surface area contributed by atoms with Gasteiger partial charge in [-0.3, -0.25) is 4.98 Å². The zero-order valence-electron chi connectivity index (χ0n) is 13.2. The molecule has 5 rings (SSSR count). The van der Waals surface area contributed by atoms with Crippen molar-refractivity contribution < 1.29 is 9.90 Å². The molecule has 25 heavy (non-hydrogen) atoms. The van der Waals surface area contributed by atoms with E-state index in [1.165, 1.54) is 10.8 Å². The molecule has 3 nitrogen and oxygen atoms in total. The van der Waals surface area contributed by atoms with Crippen LogP contribution in [-0.2, 0) is 0 Å². The lowest BCUT2D eigenvalue weighted by molar-refractivity contribution is 0.0697. The third-order valence-electron chi connectivity index (χ3n) is 4.78. The topological polar surface area (TPSA) is 50.2 Å². The predicted molar refractivity (Wildman–Crippen MR) is 101 cm³/mol. The van der Waals surface area contributed by atoms with Gasteiger partial charge in [-0.15, -0.1) is 0 Å².